The van der Waals surface area contributed by atoms with Gasteiger partial charge in [0.25, 0.3) is 5.69 Å². The molecular weight excluding hydrogens is 342 g/mol. The zero-order valence-electron chi connectivity index (χ0n) is 13.0. The van der Waals surface area contributed by atoms with Crippen LogP contribution in [0.1, 0.15) is 13.8 Å². The van der Waals surface area contributed by atoms with E-state index < -0.39 is 27.0 Å². The summed E-state index contributed by atoms with van der Waals surface area (Å²) in [5, 5.41) is 22.1. The Balaban J connectivity index is 3.15. The van der Waals surface area contributed by atoms with Crippen molar-refractivity contribution in [3.63, 3.8) is 0 Å². The summed E-state index contributed by atoms with van der Waals surface area (Å²) >= 11 is 0. The Morgan fingerprint density at radius 3 is 2.29 bits per heavy atom. The predicted octanol–water partition coefficient (Wildman–Crippen LogP) is 0.195. The third-order valence-corrected chi connectivity index (χ3v) is 5.13. The van der Waals surface area contributed by atoms with Crippen LogP contribution in [0.3, 0.4) is 0 Å². The number of non-ortho nitro benzene ring substituents is 1. The predicted molar refractivity (Wildman–Crippen MR) is 82.8 cm³/mol. The van der Waals surface area contributed by atoms with Crippen LogP contribution in [0.25, 0.3) is 0 Å². The Morgan fingerprint density at radius 2 is 1.88 bits per heavy atom. The van der Waals surface area contributed by atoms with Crippen LogP contribution in [0.5, 0.6) is 0 Å². The van der Waals surface area contributed by atoms with Gasteiger partial charge >= 0.3 is 5.97 Å². The van der Waals surface area contributed by atoms with Crippen molar-refractivity contribution in [1.82, 2.24) is 9.62 Å². The van der Waals surface area contributed by atoms with E-state index in [0.717, 1.165) is 24.3 Å². The van der Waals surface area contributed by atoms with Gasteiger partial charge in [0.2, 0.25) is 15.9 Å². The van der Waals surface area contributed by atoms with Crippen LogP contribution in [0, 0.1) is 10.1 Å². The molecule has 1 atom stereocenters. The molecule has 1 aromatic rings. The molecule has 0 spiro atoms. The number of rotatable bonds is 8. The summed E-state index contributed by atoms with van der Waals surface area (Å²) in [5.74, 6) is -1.74. The Morgan fingerprint density at radius 1 is 1.33 bits per heavy atom. The van der Waals surface area contributed by atoms with Crippen LogP contribution in [0.15, 0.2) is 29.2 Å². The number of nitro benzene ring substituents is 1. The monoisotopic (exact) mass is 359 g/mol. The number of amides is 1. The smallest absolute Gasteiger partial charge is 0.321 e. The normalized spacial score (nSPS) is 12.6. The number of nitrogens with zero attached hydrogens (tertiary/aromatic N) is 2. The molecule has 0 aromatic heterocycles. The molecule has 1 aromatic carbocycles. The summed E-state index contributed by atoms with van der Waals surface area (Å²) < 4.78 is 25.9. The average Bonchev–Trinajstić information content (AvgIpc) is 2.50. The molecule has 1 amide bonds. The van der Waals surface area contributed by atoms with E-state index in [9.17, 15) is 28.1 Å². The minimum absolute atomic E-state index is 0.0703. The fourth-order valence-corrected chi connectivity index (χ4v) is 3.45. The van der Waals surface area contributed by atoms with Crippen LogP contribution in [0.2, 0.25) is 0 Å². The van der Waals surface area contributed by atoms with Crippen molar-refractivity contribution in [3.05, 3.63) is 34.4 Å². The van der Waals surface area contributed by atoms with E-state index in [0.29, 0.717) is 4.31 Å². The summed E-state index contributed by atoms with van der Waals surface area (Å²) in [6, 6.07) is 2.73. The van der Waals surface area contributed by atoms with E-state index in [2.05, 4.69) is 5.32 Å². The lowest BCUT2D eigenvalue weighted by molar-refractivity contribution is -0.384. The van der Waals surface area contributed by atoms with Crippen molar-refractivity contribution in [2.75, 3.05) is 13.1 Å². The third kappa shape index (κ3) is 4.73. The molecule has 11 heteroatoms. The highest BCUT2D eigenvalue weighted by Crippen LogP contribution is 2.21. The van der Waals surface area contributed by atoms with Gasteiger partial charge in [0.1, 0.15) is 6.04 Å². The number of carbonyl (C=O) groups excluding carboxylic acids is 1. The van der Waals surface area contributed by atoms with Gasteiger partial charge in [0.15, 0.2) is 0 Å². The van der Waals surface area contributed by atoms with Gasteiger partial charge in [-0.15, -0.1) is 0 Å². The van der Waals surface area contributed by atoms with E-state index in [-0.39, 0.29) is 29.6 Å². The third-order valence-electron chi connectivity index (χ3n) is 3.15. The van der Waals surface area contributed by atoms with Crippen LogP contribution in [-0.2, 0) is 19.6 Å². The molecule has 0 fully saturated rings. The molecule has 1 rings (SSSR count). The Hall–Kier alpha value is -2.53. The minimum Gasteiger partial charge on any atom is -0.480 e. The average molecular weight is 359 g/mol. The topological polar surface area (TPSA) is 147 Å². The Labute approximate surface area is 138 Å². The number of hydrogen-bond donors (Lipinski definition) is 2. The number of nitrogens with one attached hydrogen (secondary N) is 1. The van der Waals surface area contributed by atoms with Gasteiger partial charge in [-0.05, 0) is 19.1 Å². The maximum absolute atomic E-state index is 12.6. The first-order valence-electron chi connectivity index (χ1n) is 6.81. The van der Waals surface area contributed by atoms with Gasteiger partial charge in [0, 0.05) is 32.1 Å². The summed E-state index contributed by atoms with van der Waals surface area (Å²) in [6.07, 6.45) is 0. The lowest BCUT2D eigenvalue weighted by Crippen LogP contribution is -2.46. The van der Waals surface area contributed by atoms with E-state index in [1.807, 2.05) is 0 Å². The highest BCUT2D eigenvalue weighted by molar-refractivity contribution is 7.89. The number of benzene rings is 1. The largest absolute Gasteiger partial charge is 0.480 e. The van der Waals surface area contributed by atoms with Crippen molar-refractivity contribution in [3.8, 4) is 0 Å². The van der Waals surface area contributed by atoms with Crippen LogP contribution in [0.4, 0.5) is 5.69 Å². The zero-order valence-corrected chi connectivity index (χ0v) is 13.8. The number of sulfonamides is 1. The summed E-state index contributed by atoms with van der Waals surface area (Å²) in [5.41, 5.74) is -0.287. The van der Waals surface area contributed by atoms with Gasteiger partial charge in [-0.1, -0.05) is 0 Å². The molecule has 0 saturated carbocycles. The second kappa shape index (κ2) is 7.84. The van der Waals surface area contributed by atoms with E-state index in [4.69, 9.17) is 5.11 Å². The molecule has 0 saturated heterocycles. The summed E-state index contributed by atoms with van der Waals surface area (Å²) in [7, 11) is -4.21. The van der Waals surface area contributed by atoms with E-state index >= 15 is 0 Å². The number of carbonyl (C=O) groups is 2. The van der Waals surface area contributed by atoms with Gasteiger partial charge in [-0.2, -0.15) is 4.31 Å². The summed E-state index contributed by atoms with van der Waals surface area (Å²) in [6.45, 7) is 2.11. The van der Waals surface area contributed by atoms with Gasteiger partial charge in [0.05, 0.1) is 9.82 Å². The Kier molecular flexibility index (Phi) is 6.37. The van der Waals surface area contributed by atoms with Gasteiger partial charge in [-0.3, -0.25) is 19.7 Å². The fraction of sp³-hybridized carbons (Fsp3) is 0.385. The van der Waals surface area contributed by atoms with Crippen molar-refractivity contribution in [2.45, 2.75) is 24.8 Å². The fourth-order valence-electron chi connectivity index (χ4n) is 1.86. The van der Waals surface area contributed by atoms with Crippen molar-refractivity contribution in [2.24, 2.45) is 0 Å². The number of carboxylic acids is 1. The molecule has 24 heavy (non-hydrogen) atoms. The first-order chi connectivity index (χ1) is 11.1. The van der Waals surface area contributed by atoms with Crippen molar-refractivity contribution in [1.29, 1.82) is 0 Å². The second-order valence-corrected chi connectivity index (χ2v) is 6.75. The van der Waals surface area contributed by atoms with Crippen molar-refractivity contribution < 1.29 is 28.0 Å². The highest BCUT2D eigenvalue weighted by atomic mass is 32.2. The van der Waals surface area contributed by atoms with Gasteiger partial charge < -0.3 is 10.4 Å². The van der Waals surface area contributed by atoms with E-state index in [1.165, 1.54) is 13.8 Å². The van der Waals surface area contributed by atoms with Crippen LogP contribution in [-0.4, -0.2) is 53.8 Å². The number of nitro groups is 1. The first kappa shape index (κ1) is 19.5. The zero-order chi connectivity index (χ0) is 18.5. The molecule has 1 unspecified atom stereocenters. The molecule has 0 aliphatic heterocycles. The lowest BCUT2D eigenvalue weighted by Gasteiger charge is -2.25. The number of hydrogen-bond acceptors (Lipinski definition) is 6. The molecule has 0 heterocycles. The molecule has 0 radical (unpaired) electrons. The maximum Gasteiger partial charge on any atom is 0.321 e. The Bertz CT molecular complexity index is 730. The lowest BCUT2D eigenvalue weighted by atomic mass is 10.3. The molecule has 10 nitrogen and oxygen atoms in total. The highest BCUT2D eigenvalue weighted by Gasteiger charge is 2.32. The second-order valence-electron chi connectivity index (χ2n) is 4.86. The van der Waals surface area contributed by atoms with E-state index in [1.54, 1.807) is 0 Å². The molecule has 2 N–H and O–H groups in total. The standard InChI is InChI=1S/C13H17N3O7S/c1-9(13(18)19)15(8-7-14-10(2)17)24(22,23)12-5-3-11(4-6-12)16(20)21/h3-6,9H,7-8H2,1-2H3,(H,14,17)(H,18,19). The van der Waals surface area contributed by atoms with Gasteiger partial charge in [-0.25, -0.2) is 8.42 Å². The quantitative estimate of drug-likeness (QED) is 0.497. The first-order valence-corrected chi connectivity index (χ1v) is 8.25. The number of carboxylic acid groups (broad SMARTS) is 1. The molecular formula is C13H17N3O7S. The van der Waals surface area contributed by atoms with Crippen molar-refractivity contribution >= 4 is 27.6 Å². The SMILES string of the molecule is CC(=O)NCCN(C(C)C(=O)O)S(=O)(=O)c1ccc([N+](=O)[O-])cc1. The van der Waals surface area contributed by atoms with Crippen LogP contribution >= 0.6 is 0 Å². The van der Waals surface area contributed by atoms with Crippen LogP contribution < -0.4 is 5.32 Å². The molecule has 132 valence electrons. The summed E-state index contributed by atoms with van der Waals surface area (Å²) in [4.78, 5) is 31.7. The molecule has 0 aliphatic carbocycles. The molecule has 0 bridgehead atoms. The molecule has 0 aliphatic rings. The maximum atomic E-state index is 12.6. The minimum atomic E-state index is -4.21. The number of aliphatic carboxylic acids is 1.